The normalized spacial score (nSPS) is 10.3. The molecule has 0 bridgehead atoms. The fraction of sp³-hybridized carbons (Fsp3) is 0.167. The molecule has 2 aromatic rings. The Morgan fingerprint density at radius 2 is 2.33 bits per heavy atom. The quantitative estimate of drug-likeness (QED) is 0.620. The average molecular weight is 248 g/mol. The van der Waals surface area contributed by atoms with Crippen LogP contribution in [0.1, 0.15) is 5.56 Å². The molecule has 0 amide bonds. The zero-order valence-corrected chi connectivity index (χ0v) is 9.64. The SMILES string of the molecule is N=C(N)c1ccc(OCCn2cccn2)c(F)c1. The first-order valence-electron chi connectivity index (χ1n) is 5.41. The molecule has 0 aliphatic carbocycles. The molecule has 5 nitrogen and oxygen atoms in total. The zero-order valence-electron chi connectivity index (χ0n) is 9.64. The second kappa shape index (κ2) is 5.31. The topological polar surface area (TPSA) is 76.9 Å². The molecule has 2 rings (SSSR count). The zero-order chi connectivity index (χ0) is 13.0. The number of nitrogens with two attached hydrogens (primary N) is 1. The highest BCUT2D eigenvalue weighted by molar-refractivity contribution is 5.95. The lowest BCUT2D eigenvalue weighted by atomic mass is 10.2. The second-order valence-electron chi connectivity index (χ2n) is 3.68. The number of amidine groups is 1. The summed E-state index contributed by atoms with van der Waals surface area (Å²) in [5, 5.41) is 11.2. The van der Waals surface area contributed by atoms with E-state index in [0.717, 1.165) is 0 Å². The van der Waals surface area contributed by atoms with Gasteiger partial charge >= 0.3 is 0 Å². The van der Waals surface area contributed by atoms with Gasteiger partial charge in [0.15, 0.2) is 11.6 Å². The number of benzene rings is 1. The highest BCUT2D eigenvalue weighted by Crippen LogP contribution is 2.18. The van der Waals surface area contributed by atoms with Gasteiger partial charge in [0.05, 0.1) is 6.54 Å². The number of rotatable bonds is 5. The summed E-state index contributed by atoms with van der Waals surface area (Å²) in [6, 6.07) is 6.01. The Morgan fingerprint density at radius 3 is 2.94 bits per heavy atom. The van der Waals surface area contributed by atoms with E-state index in [4.69, 9.17) is 15.9 Å². The highest BCUT2D eigenvalue weighted by Gasteiger charge is 2.06. The summed E-state index contributed by atoms with van der Waals surface area (Å²) in [7, 11) is 0. The number of halogens is 1. The third-order valence-corrected chi connectivity index (χ3v) is 2.38. The number of ether oxygens (including phenoxy) is 1. The Bertz CT molecular complexity index is 539. The third kappa shape index (κ3) is 2.85. The first kappa shape index (κ1) is 12.1. The van der Waals surface area contributed by atoms with Crippen molar-refractivity contribution in [1.29, 1.82) is 5.41 Å². The van der Waals surface area contributed by atoms with Crippen LogP contribution in [0.25, 0.3) is 0 Å². The van der Waals surface area contributed by atoms with E-state index >= 15 is 0 Å². The lowest BCUT2D eigenvalue weighted by Crippen LogP contribution is -2.12. The molecule has 94 valence electrons. The molecule has 0 aliphatic heterocycles. The number of nitrogens with one attached hydrogen (secondary N) is 1. The van der Waals surface area contributed by atoms with Gasteiger partial charge in [-0.2, -0.15) is 5.10 Å². The summed E-state index contributed by atoms with van der Waals surface area (Å²) >= 11 is 0. The number of aromatic nitrogens is 2. The van der Waals surface area contributed by atoms with Gasteiger partial charge in [-0.1, -0.05) is 0 Å². The number of nitrogen functional groups attached to an aromatic ring is 1. The lowest BCUT2D eigenvalue weighted by Gasteiger charge is -2.08. The van der Waals surface area contributed by atoms with E-state index in [9.17, 15) is 4.39 Å². The maximum atomic E-state index is 13.6. The molecule has 18 heavy (non-hydrogen) atoms. The van der Waals surface area contributed by atoms with Gasteiger partial charge in [0, 0.05) is 18.0 Å². The van der Waals surface area contributed by atoms with Crippen LogP contribution < -0.4 is 10.5 Å². The minimum absolute atomic E-state index is 0.146. The summed E-state index contributed by atoms with van der Waals surface area (Å²) in [4.78, 5) is 0. The molecule has 1 heterocycles. The van der Waals surface area contributed by atoms with Crippen molar-refractivity contribution in [2.24, 2.45) is 5.73 Å². The van der Waals surface area contributed by atoms with Crippen molar-refractivity contribution in [1.82, 2.24) is 9.78 Å². The van der Waals surface area contributed by atoms with Crippen molar-refractivity contribution in [3.63, 3.8) is 0 Å². The highest BCUT2D eigenvalue weighted by atomic mass is 19.1. The van der Waals surface area contributed by atoms with E-state index in [1.807, 2.05) is 6.07 Å². The molecule has 0 atom stereocenters. The molecule has 0 unspecified atom stereocenters. The average Bonchev–Trinajstić information content (AvgIpc) is 2.84. The van der Waals surface area contributed by atoms with E-state index in [0.29, 0.717) is 18.7 Å². The van der Waals surface area contributed by atoms with Crippen molar-refractivity contribution in [3.05, 3.63) is 48.0 Å². The number of hydrogen-bond donors (Lipinski definition) is 2. The summed E-state index contributed by atoms with van der Waals surface area (Å²) in [6.07, 6.45) is 3.47. The van der Waals surface area contributed by atoms with E-state index in [1.54, 1.807) is 23.1 Å². The molecule has 0 saturated carbocycles. The third-order valence-electron chi connectivity index (χ3n) is 2.38. The molecule has 0 spiro atoms. The van der Waals surface area contributed by atoms with Crippen molar-refractivity contribution in [3.8, 4) is 5.75 Å². The van der Waals surface area contributed by atoms with Crippen molar-refractivity contribution >= 4 is 5.84 Å². The van der Waals surface area contributed by atoms with Crippen molar-refractivity contribution in [2.75, 3.05) is 6.61 Å². The molecule has 0 saturated heterocycles. The minimum atomic E-state index is -0.525. The smallest absolute Gasteiger partial charge is 0.165 e. The molecule has 6 heteroatoms. The predicted octanol–water partition coefficient (Wildman–Crippen LogP) is 1.39. The second-order valence-corrected chi connectivity index (χ2v) is 3.68. The molecule has 0 fully saturated rings. The largest absolute Gasteiger partial charge is 0.489 e. The standard InChI is InChI=1S/C12H13FN4O/c13-10-8-9(12(14)15)2-3-11(10)18-7-6-17-5-1-4-16-17/h1-5,8H,6-7H2,(H3,14,15). The van der Waals surface area contributed by atoms with E-state index in [-0.39, 0.29) is 11.6 Å². The molecule has 0 aliphatic rings. The van der Waals surface area contributed by atoms with Gasteiger partial charge in [-0.25, -0.2) is 4.39 Å². The van der Waals surface area contributed by atoms with E-state index < -0.39 is 5.82 Å². The Morgan fingerprint density at radius 1 is 1.50 bits per heavy atom. The molecule has 3 N–H and O–H groups in total. The first-order valence-corrected chi connectivity index (χ1v) is 5.41. The maximum Gasteiger partial charge on any atom is 0.165 e. The van der Waals surface area contributed by atoms with Crippen LogP contribution in [0.2, 0.25) is 0 Å². The molecule has 0 radical (unpaired) electrons. The van der Waals surface area contributed by atoms with Crippen LogP contribution in [0.3, 0.4) is 0 Å². The van der Waals surface area contributed by atoms with Gasteiger partial charge in [-0.3, -0.25) is 10.1 Å². The van der Waals surface area contributed by atoms with Crippen LogP contribution >= 0.6 is 0 Å². The lowest BCUT2D eigenvalue weighted by molar-refractivity contribution is 0.278. The molecular formula is C12H13FN4O. The predicted molar refractivity (Wildman–Crippen MR) is 65.1 cm³/mol. The Balaban J connectivity index is 1.95. The van der Waals surface area contributed by atoms with Crippen LogP contribution in [0.4, 0.5) is 4.39 Å². The van der Waals surface area contributed by atoms with Gasteiger partial charge in [-0.15, -0.1) is 0 Å². The van der Waals surface area contributed by atoms with Crippen LogP contribution in [0.15, 0.2) is 36.7 Å². The van der Waals surface area contributed by atoms with Crippen molar-refractivity contribution in [2.45, 2.75) is 6.54 Å². The number of hydrogen-bond acceptors (Lipinski definition) is 3. The summed E-state index contributed by atoms with van der Waals surface area (Å²) in [5.74, 6) is -0.549. The van der Waals surface area contributed by atoms with Gasteiger partial charge in [0.2, 0.25) is 0 Å². The summed E-state index contributed by atoms with van der Waals surface area (Å²) in [6.45, 7) is 0.860. The Hall–Kier alpha value is -2.37. The first-order chi connectivity index (χ1) is 8.66. The van der Waals surface area contributed by atoms with Crippen molar-refractivity contribution < 1.29 is 9.13 Å². The Kier molecular flexibility index (Phi) is 3.57. The van der Waals surface area contributed by atoms with Gasteiger partial charge in [-0.05, 0) is 24.3 Å². The van der Waals surface area contributed by atoms with Crippen LogP contribution in [0, 0.1) is 11.2 Å². The minimum Gasteiger partial charge on any atom is -0.489 e. The van der Waals surface area contributed by atoms with E-state index in [2.05, 4.69) is 5.10 Å². The molecule has 1 aromatic carbocycles. The Labute approximate surface area is 103 Å². The summed E-state index contributed by atoms with van der Waals surface area (Å²) < 4.78 is 20.6. The van der Waals surface area contributed by atoms with Gasteiger partial charge in [0.1, 0.15) is 12.4 Å². The van der Waals surface area contributed by atoms with Crippen LogP contribution in [0.5, 0.6) is 5.75 Å². The fourth-order valence-corrected chi connectivity index (χ4v) is 1.47. The van der Waals surface area contributed by atoms with Crippen LogP contribution in [-0.4, -0.2) is 22.2 Å². The monoisotopic (exact) mass is 248 g/mol. The van der Waals surface area contributed by atoms with Gasteiger partial charge < -0.3 is 10.5 Å². The fourth-order valence-electron chi connectivity index (χ4n) is 1.47. The van der Waals surface area contributed by atoms with Gasteiger partial charge in [0.25, 0.3) is 0 Å². The molecular weight excluding hydrogens is 235 g/mol. The molecule has 1 aromatic heterocycles. The summed E-state index contributed by atoms with van der Waals surface area (Å²) in [5.41, 5.74) is 5.60. The maximum absolute atomic E-state index is 13.6. The number of nitrogens with zero attached hydrogens (tertiary/aromatic N) is 2. The van der Waals surface area contributed by atoms with E-state index in [1.165, 1.54) is 12.1 Å². The van der Waals surface area contributed by atoms with Crippen LogP contribution in [-0.2, 0) is 6.54 Å².